The summed E-state index contributed by atoms with van der Waals surface area (Å²) in [5, 5.41) is 14.6. The van der Waals surface area contributed by atoms with Crippen molar-refractivity contribution in [2.45, 2.75) is 25.3 Å². The summed E-state index contributed by atoms with van der Waals surface area (Å²) in [6, 6.07) is 0.934. The number of rotatable bonds is 4. The van der Waals surface area contributed by atoms with Gasteiger partial charge in [-0.2, -0.15) is 5.10 Å². The summed E-state index contributed by atoms with van der Waals surface area (Å²) < 4.78 is 27.9. The maximum Gasteiger partial charge on any atom is 0.357 e. The van der Waals surface area contributed by atoms with Crippen molar-refractivity contribution in [1.29, 1.82) is 0 Å². The summed E-state index contributed by atoms with van der Waals surface area (Å²) in [5.41, 5.74) is -0.112. The number of aromatic carboxylic acids is 1. The number of piperidine rings is 1. The van der Waals surface area contributed by atoms with Crippen LogP contribution in [-0.2, 0) is 4.79 Å². The van der Waals surface area contributed by atoms with Gasteiger partial charge in [0.15, 0.2) is 17.3 Å². The van der Waals surface area contributed by atoms with Crippen LogP contribution in [0.4, 0.5) is 14.6 Å². The van der Waals surface area contributed by atoms with Gasteiger partial charge in [-0.05, 0) is 24.5 Å². The minimum atomic E-state index is -1.47. The van der Waals surface area contributed by atoms with E-state index in [9.17, 15) is 18.4 Å². The van der Waals surface area contributed by atoms with Gasteiger partial charge in [-0.25, -0.2) is 28.6 Å². The molecule has 2 aromatic heterocycles. The number of hydrogen-bond donors (Lipinski definition) is 1. The lowest BCUT2D eigenvalue weighted by molar-refractivity contribution is -0.138. The molecule has 11 heteroatoms. The quantitative estimate of drug-likeness (QED) is 0.812. The van der Waals surface area contributed by atoms with E-state index in [1.807, 2.05) is 0 Å². The highest BCUT2D eigenvalue weighted by Crippen LogP contribution is 2.32. The van der Waals surface area contributed by atoms with E-state index in [1.54, 1.807) is 11.1 Å². The molecule has 156 valence electrons. The van der Waals surface area contributed by atoms with Crippen molar-refractivity contribution in [2.24, 2.45) is 11.0 Å². The summed E-state index contributed by atoms with van der Waals surface area (Å²) in [5.74, 6) is -3.55. The summed E-state index contributed by atoms with van der Waals surface area (Å²) in [6.07, 6.45) is 6.56. The number of hydrazone groups is 1. The lowest BCUT2D eigenvalue weighted by Crippen LogP contribution is -2.41. The molecule has 2 aliphatic heterocycles. The van der Waals surface area contributed by atoms with Gasteiger partial charge in [0.05, 0.1) is 12.2 Å². The van der Waals surface area contributed by atoms with Crippen molar-refractivity contribution in [3.63, 3.8) is 0 Å². The van der Waals surface area contributed by atoms with E-state index < -0.39 is 29.3 Å². The van der Waals surface area contributed by atoms with Crippen LogP contribution >= 0.6 is 0 Å². The predicted molar refractivity (Wildman–Crippen MR) is 101 cm³/mol. The summed E-state index contributed by atoms with van der Waals surface area (Å²) in [4.78, 5) is 36.9. The third-order valence-electron chi connectivity index (χ3n) is 5.28. The number of halogens is 2. The molecule has 0 aliphatic carbocycles. The van der Waals surface area contributed by atoms with E-state index in [0.29, 0.717) is 37.9 Å². The molecular weight excluding hydrogens is 398 g/mol. The van der Waals surface area contributed by atoms with Crippen LogP contribution in [0.25, 0.3) is 0 Å². The molecule has 0 bridgehead atoms. The Morgan fingerprint density at radius 1 is 1.13 bits per heavy atom. The Hall–Kier alpha value is -3.50. The van der Waals surface area contributed by atoms with Crippen molar-refractivity contribution < 1.29 is 23.5 Å². The lowest BCUT2D eigenvalue weighted by atomic mass is 9.94. The Kier molecular flexibility index (Phi) is 5.34. The third kappa shape index (κ3) is 3.70. The summed E-state index contributed by atoms with van der Waals surface area (Å²) >= 11 is 0. The first-order valence-corrected chi connectivity index (χ1v) is 9.40. The fourth-order valence-electron chi connectivity index (χ4n) is 3.77. The van der Waals surface area contributed by atoms with Gasteiger partial charge in [-0.1, -0.05) is 0 Å². The Labute approximate surface area is 170 Å². The van der Waals surface area contributed by atoms with Gasteiger partial charge in [-0.3, -0.25) is 9.78 Å². The first-order valence-electron chi connectivity index (χ1n) is 9.40. The topological polar surface area (TPSA) is 112 Å². The number of aromatic nitrogens is 3. The van der Waals surface area contributed by atoms with Gasteiger partial charge in [0.25, 0.3) is 0 Å². The molecule has 1 atom stereocenters. The minimum Gasteiger partial charge on any atom is -0.476 e. The Morgan fingerprint density at radius 2 is 1.90 bits per heavy atom. The number of carbonyl (C=O) groups is 2. The standard InChI is InChI=1S/C19H18F2N6O3/c20-13-7-12(8-22-9-13)14-1-4-25-27(14)18(28)11-2-5-26(6-3-11)17-15(21)16(19(29)30)23-10-24-17/h4,7-11,14H,1-3,5-6H2,(H,29,30). The zero-order valence-electron chi connectivity index (χ0n) is 15.8. The number of amides is 1. The zero-order valence-corrected chi connectivity index (χ0v) is 15.8. The molecule has 1 fully saturated rings. The van der Waals surface area contributed by atoms with Crippen LogP contribution in [-0.4, -0.2) is 56.2 Å². The normalized spacial score (nSPS) is 19.3. The molecule has 4 heterocycles. The molecular formula is C19H18F2N6O3. The molecule has 1 N–H and O–H groups in total. The SMILES string of the molecule is O=C(O)c1ncnc(N2CCC(C(=O)N3N=CCC3c3cncc(F)c3)CC2)c1F. The molecule has 1 unspecified atom stereocenters. The number of hydrogen-bond acceptors (Lipinski definition) is 7. The average Bonchev–Trinajstić information content (AvgIpc) is 3.23. The number of nitrogens with zero attached hydrogens (tertiary/aromatic N) is 6. The molecule has 1 amide bonds. The number of pyridine rings is 1. The Balaban J connectivity index is 1.44. The molecule has 0 aromatic carbocycles. The number of carboxylic acids is 1. The number of carbonyl (C=O) groups excluding carboxylic acids is 1. The summed E-state index contributed by atoms with van der Waals surface area (Å²) in [6.45, 7) is 0.653. The van der Waals surface area contributed by atoms with Crippen LogP contribution in [0, 0.1) is 17.6 Å². The van der Waals surface area contributed by atoms with E-state index in [2.05, 4.69) is 20.1 Å². The molecule has 30 heavy (non-hydrogen) atoms. The van der Waals surface area contributed by atoms with E-state index in [-0.39, 0.29) is 17.6 Å². The highest BCUT2D eigenvalue weighted by molar-refractivity contribution is 5.86. The van der Waals surface area contributed by atoms with Crippen molar-refractivity contribution in [3.05, 3.63) is 47.7 Å². The molecule has 9 nitrogen and oxygen atoms in total. The van der Waals surface area contributed by atoms with Gasteiger partial charge < -0.3 is 10.0 Å². The van der Waals surface area contributed by atoms with Crippen LogP contribution in [0.3, 0.4) is 0 Å². The van der Waals surface area contributed by atoms with Gasteiger partial charge in [0, 0.05) is 37.8 Å². The van der Waals surface area contributed by atoms with Crippen molar-refractivity contribution in [2.75, 3.05) is 18.0 Å². The van der Waals surface area contributed by atoms with Crippen molar-refractivity contribution >= 4 is 23.9 Å². The first-order chi connectivity index (χ1) is 14.5. The zero-order chi connectivity index (χ0) is 21.3. The van der Waals surface area contributed by atoms with E-state index in [4.69, 9.17) is 5.11 Å². The van der Waals surface area contributed by atoms with Crippen LogP contribution in [0.1, 0.15) is 41.4 Å². The van der Waals surface area contributed by atoms with Crippen LogP contribution in [0.15, 0.2) is 29.9 Å². The minimum absolute atomic E-state index is 0.0868. The van der Waals surface area contributed by atoms with Crippen LogP contribution in [0.5, 0.6) is 0 Å². The van der Waals surface area contributed by atoms with Crippen LogP contribution in [0.2, 0.25) is 0 Å². The maximum absolute atomic E-state index is 14.4. The number of carboxylic acid groups (broad SMARTS) is 1. The van der Waals surface area contributed by atoms with Gasteiger partial charge in [-0.15, -0.1) is 0 Å². The molecule has 0 radical (unpaired) electrons. The van der Waals surface area contributed by atoms with Gasteiger partial charge >= 0.3 is 5.97 Å². The Bertz CT molecular complexity index is 1010. The monoisotopic (exact) mass is 416 g/mol. The van der Waals surface area contributed by atoms with Gasteiger partial charge in [0.1, 0.15) is 12.1 Å². The summed E-state index contributed by atoms with van der Waals surface area (Å²) in [7, 11) is 0. The Morgan fingerprint density at radius 3 is 2.60 bits per heavy atom. The highest BCUT2D eigenvalue weighted by Gasteiger charge is 2.36. The van der Waals surface area contributed by atoms with Crippen LogP contribution < -0.4 is 4.90 Å². The van der Waals surface area contributed by atoms with E-state index in [0.717, 1.165) is 12.5 Å². The second kappa shape index (κ2) is 8.09. The molecule has 1 saturated heterocycles. The molecule has 2 aromatic rings. The van der Waals surface area contributed by atoms with E-state index in [1.165, 1.54) is 17.3 Å². The average molecular weight is 416 g/mol. The van der Waals surface area contributed by atoms with E-state index >= 15 is 0 Å². The second-order valence-electron chi connectivity index (χ2n) is 7.10. The van der Waals surface area contributed by atoms with Gasteiger partial charge in [0.2, 0.25) is 5.91 Å². The lowest BCUT2D eigenvalue weighted by Gasteiger charge is -2.34. The predicted octanol–water partition coefficient (Wildman–Crippen LogP) is 2.02. The first kappa shape index (κ1) is 19.8. The van der Waals surface area contributed by atoms with Crippen molar-refractivity contribution in [3.8, 4) is 0 Å². The molecule has 0 spiro atoms. The molecule has 4 rings (SSSR count). The molecule has 0 saturated carbocycles. The fourth-order valence-corrected chi connectivity index (χ4v) is 3.77. The second-order valence-corrected chi connectivity index (χ2v) is 7.10. The fraction of sp³-hybridized carbons (Fsp3) is 0.368. The third-order valence-corrected chi connectivity index (χ3v) is 5.28. The number of anilines is 1. The highest BCUT2D eigenvalue weighted by atomic mass is 19.1. The smallest absolute Gasteiger partial charge is 0.357 e. The maximum atomic E-state index is 14.4. The largest absolute Gasteiger partial charge is 0.476 e. The van der Waals surface area contributed by atoms with Crippen molar-refractivity contribution in [1.82, 2.24) is 20.0 Å². The molecule has 2 aliphatic rings.